The summed E-state index contributed by atoms with van der Waals surface area (Å²) in [5.41, 5.74) is 2.11. The molecule has 6 nitrogen and oxygen atoms in total. The number of anilines is 1. The van der Waals surface area contributed by atoms with Crippen molar-refractivity contribution in [1.82, 2.24) is 0 Å². The van der Waals surface area contributed by atoms with Crippen LogP contribution in [0, 0.1) is 15.5 Å². The molecular weight excluding hydrogens is 452 g/mol. The van der Waals surface area contributed by atoms with Crippen molar-refractivity contribution in [3.05, 3.63) is 92.6 Å². The van der Waals surface area contributed by atoms with Crippen LogP contribution in [0.15, 0.2) is 71.9 Å². The van der Waals surface area contributed by atoms with Crippen LogP contribution >= 0.6 is 11.6 Å². The van der Waals surface area contributed by atoms with Crippen molar-refractivity contribution in [3.8, 4) is 0 Å². The lowest BCUT2D eigenvalue weighted by Crippen LogP contribution is -2.43. The molecule has 172 valence electrons. The predicted molar refractivity (Wildman–Crippen MR) is 132 cm³/mol. The highest BCUT2D eigenvalue weighted by Crippen LogP contribution is 2.49. The first kappa shape index (κ1) is 22.3. The maximum absolute atomic E-state index is 13.6. The molecule has 2 aliphatic rings. The van der Waals surface area contributed by atoms with Gasteiger partial charge in [0.05, 0.1) is 15.6 Å². The lowest BCUT2D eigenvalue weighted by molar-refractivity contribution is -0.384. The van der Waals surface area contributed by atoms with Crippen LogP contribution in [-0.4, -0.2) is 16.6 Å². The van der Waals surface area contributed by atoms with Gasteiger partial charge in [0.25, 0.3) is 5.69 Å². The quantitative estimate of drug-likeness (QED) is 0.318. The standard InChI is InChI=1S/C27H23ClN2O4/c1-27(2)14-23-26(24(31)15-27)20(18-8-7-16-5-3-4-6-17(16)11-18)13-25(32)29(23)22-10-9-19(30(33)34)12-21(22)28/h3-12,20H,13-15H2,1-2H3. The monoisotopic (exact) mass is 474 g/mol. The molecule has 1 aliphatic heterocycles. The topological polar surface area (TPSA) is 80.5 Å². The Bertz CT molecular complexity index is 1410. The van der Waals surface area contributed by atoms with E-state index in [1.54, 1.807) is 0 Å². The molecule has 1 aliphatic carbocycles. The van der Waals surface area contributed by atoms with Crippen LogP contribution in [0.2, 0.25) is 5.02 Å². The summed E-state index contributed by atoms with van der Waals surface area (Å²) in [6, 6.07) is 18.1. The summed E-state index contributed by atoms with van der Waals surface area (Å²) in [5.74, 6) is -0.498. The van der Waals surface area contributed by atoms with Gasteiger partial charge in [-0.1, -0.05) is 67.9 Å². The Hall–Kier alpha value is -3.51. The van der Waals surface area contributed by atoms with Crippen molar-refractivity contribution >= 4 is 45.4 Å². The average Bonchev–Trinajstić information content (AvgIpc) is 2.77. The number of halogens is 1. The van der Waals surface area contributed by atoms with Gasteiger partial charge in [-0.3, -0.25) is 24.6 Å². The van der Waals surface area contributed by atoms with Gasteiger partial charge in [-0.05, 0) is 34.2 Å². The fraction of sp³-hybridized carbons (Fsp3) is 0.259. The molecule has 0 aromatic heterocycles. The number of nitrogens with zero attached hydrogens (tertiary/aromatic N) is 2. The second-order valence-electron chi connectivity index (χ2n) is 9.79. The van der Waals surface area contributed by atoms with E-state index in [1.165, 1.54) is 23.1 Å². The number of ketones is 1. The summed E-state index contributed by atoms with van der Waals surface area (Å²) >= 11 is 6.42. The van der Waals surface area contributed by atoms with Gasteiger partial charge in [0, 0.05) is 42.2 Å². The third-order valence-electron chi connectivity index (χ3n) is 6.70. The lowest BCUT2D eigenvalue weighted by atomic mass is 9.69. The molecule has 0 saturated heterocycles. The molecule has 0 saturated carbocycles. The molecule has 3 aromatic rings. The van der Waals surface area contributed by atoms with Crippen LogP contribution in [0.1, 0.15) is 44.6 Å². The molecule has 34 heavy (non-hydrogen) atoms. The van der Waals surface area contributed by atoms with E-state index in [-0.39, 0.29) is 40.2 Å². The number of allylic oxidation sites excluding steroid dienone is 2. The number of rotatable bonds is 3. The Labute approximate surface area is 202 Å². The molecule has 0 spiro atoms. The van der Waals surface area contributed by atoms with Gasteiger partial charge in [0.15, 0.2) is 5.78 Å². The molecule has 1 amide bonds. The second-order valence-corrected chi connectivity index (χ2v) is 10.2. The smallest absolute Gasteiger partial charge is 0.271 e. The molecule has 0 bridgehead atoms. The maximum Gasteiger partial charge on any atom is 0.271 e. The van der Waals surface area contributed by atoms with Gasteiger partial charge in [-0.15, -0.1) is 0 Å². The van der Waals surface area contributed by atoms with E-state index >= 15 is 0 Å². The molecule has 1 heterocycles. The lowest BCUT2D eigenvalue weighted by Gasteiger charge is -2.43. The first-order valence-electron chi connectivity index (χ1n) is 11.2. The minimum Gasteiger partial charge on any atom is -0.294 e. The van der Waals surface area contributed by atoms with Gasteiger partial charge in [-0.2, -0.15) is 0 Å². The highest BCUT2D eigenvalue weighted by molar-refractivity contribution is 6.34. The zero-order valence-electron chi connectivity index (χ0n) is 18.9. The molecule has 0 fully saturated rings. The fourth-order valence-corrected chi connectivity index (χ4v) is 5.45. The average molecular weight is 475 g/mol. The molecule has 7 heteroatoms. The Morgan fingerprint density at radius 1 is 1.00 bits per heavy atom. The third-order valence-corrected chi connectivity index (χ3v) is 7.00. The van der Waals surface area contributed by atoms with Gasteiger partial charge in [-0.25, -0.2) is 0 Å². The molecule has 1 unspecified atom stereocenters. The van der Waals surface area contributed by atoms with E-state index in [0.29, 0.717) is 29.8 Å². The van der Waals surface area contributed by atoms with E-state index in [1.807, 2.05) is 50.2 Å². The van der Waals surface area contributed by atoms with Gasteiger partial charge >= 0.3 is 0 Å². The Kier molecular flexibility index (Phi) is 5.29. The predicted octanol–water partition coefficient (Wildman–Crippen LogP) is 6.57. The highest BCUT2D eigenvalue weighted by Gasteiger charge is 2.44. The number of amides is 1. The first-order chi connectivity index (χ1) is 16.1. The number of nitro benzene ring substituents is 1. The zero-order valence-corrected chi connectivity index (χ0v) is 19.6. The highest BCUT2D eigenvalue weighted by atomic mass is 35.5. The van der Waals surface area contributed by atoms with Crippen LogP contribution < -0.4 is 4.90 Å². The number of nitro groups is 1. The van der Waals surface area contributed by atoms with Crippen molar-refractivity contribution in [2.75, 3.05) is 4.90 Å². The zero-order chi connectivity index (χ0) is 24.2. The molecular formula is C27H23ClN2O4. The number of hydrogen-bond donors (Lipinski definition) is 0. The van der Waals surface area contributed by atoms with E-state index in [9.17, 15) is 19.7 Å². The number of carbonyl (C=O) groups excluding carboxylic acids is 2. The van der Waals surface area contributed by atoms with E-state index in [4.69, 9.17) is 11.6 Å². The van der Waals surface area contributed by atoms with Crippen molar-refractivity contribution in [2.45, 2.75) is 39.0 Å². The van der Waals surface area contributed by atoms with Crippen molar-refractivity contribution in [1.29, 1.82) is 0 Å². The number of non-ortho nitro benzene ring substituents is 1. The van der Waals surface area contributed by atoms with Gasteiger partial charge in [0.2, 0.25) is 5.91 Å². The van der Waals surface area contributed by atoms with E-state index < -0.39 is 4.92 Å². The van der Waals surface area contributed by atoms with Crippen LogP contribution in [0.25, 0.3) is 10.8 Å². The Balaban J connectivity index is 1.68. The molecule has 1 atom stereocenters. The summed E-state index contributed by atoms with van der Waals surface area (Å²) in [7, 11) is 0. The van der Waals surface area contributed by atoms with Crippen LogP contribution in [0.4, 0.5) is 11.4 Å². The first-order valence-corrected chi connectivity index (χ1v) is 11.5. The Morgan fingerprint density at radius 2 is 1.74 bits per heavy atom. The molecule has 3 aromatic carbocycles. The number of fused-ring (bicyclic) bond motifs is 1. The Morgan fingerprint density at radius 3 is 2.44 bits per heavy atom. The summed E-state index contributed by atoms with van der Waals surface area (Å²) in [4.78, 5) is 39.2. The van der Waals surface area contributed by atoms with Crippen molar-refractivity contribution in [3.63, 3.8) is 0 Å². The number of Topliss-reactive ketones (excluding diaryl/α,β-unsaturated/α-hetero) is 1. The van der Waals surface area contributed by atoms with Gasteiger partial charge < -0.3 is 0 Å². The maximum atomic E-state index is 13.6. The van der Waals surface area contributed by atoms with Crippen LogP contribution in [0.3, 0.4) is 0 Å². The second kappa shape index (κ2) is 8.06. The SMILES string of the molecule is CC1(C)CC(=O)C2=C(C1)N(c1ccc([N+](=O)[O-])cc1Cl)C(=O)CC2c1ccc2ccccc2c1. The minimum atomic E-state index is -0.526. The number of hydrogen-bond acceptors (Lipinski definition) is 4. The normalized spacial score (nSPS) is 20.0. The van der Waals surface area contributed by atoms with Crippen LogP contribution in [-0.2, 0) is 9.59 Å². The molecule has 0 radical (unpaired) electrons. The fourth-order valence-electron chi connectivity index (χ4n) is 5.19. The summed E-state index contributed by atoms with van der Waals surface area (Å²) in [6.07, 6.45) is 1.04. The van der Waals surface area contributed by atoms with E-state index in [2.05, 4.69) is 6.07 Å². The summed E-state index contributed by atoms with van der Waals surface area (Å²) < 4.78 is 0. The van der Waals surface area contributed by atoms with Crippen molar-refractivity contribution < 1.29 is 14.5 Å². The van der Waals surface area contributed by atoms with Crippen LogP contribution in [0.5, 0.6) is 0 Å². The minimum absolute atomic E-state index is 0.0277. The van der Waals surface area contributed by atoms with Crippen molar-refractivity contribution in [2.24, 2.45) is 5.41 Å². The summed E-state index contributed by atoms with van der Waals surface area (Å²) in [6.45, 7) is 4.02. The number of carbonyl (C=O) groups is 2. The summed E-state index contributed by atoms with van der Waals surface area (Å²) in [5, 5.41) is 13.4. The molecule has 5 rings (SSSR count). The number of benzene rings is 3. The third kappa shape index (κ3) is 3.78. The van der Waals surface area contributed by atoms with E-state index in [0.717, 1.165) is 16.3 Å². The largest absolute Gasteiger partial charge is 0.294 e. The van der Waals surface area contributed by atoms with Gasteiger partial charge in [0.1, 0.15) is 0 Å². The molecule has 0 N–H and O–H groups in total.